The number of aromatic nitrogens is 1. The predicted octanol–water partition coefficient (Wildman–Crippen LogP) is 0.695. The molecule has 1 rings (SSSR count). The van der Waals surface area contributed by atoms with Crippen LogP contribution in [0.2, 0.25) is 0 Å². The van der Waals surface area contributed by atoms with E-state index in [-0.39, 0.29) is 6.42 Å². The Morgan fingerprint density at radius 1 is 1.56 bits per heavy atom. The molecule has 0 bridgehead atoms. The van der Waals surface area contributed by atoms with Crippen LogP contribution in [0.15, 0.2) is 6.20 Å². The van der Waals surface area contributed by atoms with Gasteiger partial charge in [-0.05, 0) is 13.8 Å². The molecule has 0 fully saturated rings. The molecule has 0 spiro atoms. The van der Waals surface area contributed by atoms with Gasteiger partial charge in [0, 0.05) is 23.7 Å². The van der Waals surface area contributed by atoms with E-state index in [0.29, 0.717) is 11.4 Å². The lowest BCUT2D eigenvalue weighted by Crippen LogP contribution is -2.23. The van der Waals surface area contributed by atoms with E-state index in [4.69, 9.17) is 9.84 Å². The summed E-state index contributed by atoms with van der Waals surface area (Å²) < 4.78 is 5.19. The summed E-state index contributed by atoms with van der Waals surface area (Å²) in [7, 11) is 1.55. The average Bonchev–Trinajstić information content (AvgIpc) is 2.22. The second-order valence-corrected chi connectivity index (χ2v) is 3.60. The molecule has 5 heteroatoms. The zero-order chi connectivity index (χ0) is 12.3. The molecular formula is C11H15NO4. The molecule has 0 saturated heterocycles. The zero-order valence-electron chi connectivity index (χ0n) is 9.52. The number of pyridine rings is 1. The summed E-state index contributed by atoms with van der Waals surface area (Å²) in [5, 5.41) is 17.9. The van der Waals surface area contributed by atoms with Crippen molar-refractivity contribution < 1.29 is 19.7 Å². The van der Waals surface area contributed by atoms with Crippen LogP contribution in [0, 0.1) is 13.8 Å². The molecule has 0 aliphatic carbocycles. The van der Waals surface area contributed by atoms with Gasteiger partial charge < -0.3 is 14.9 Å². The van der Waals surface area contributed by atoms with Crippen LogP contribution in [0.3, 0.4) is 0 Å². The minimum atomic E-state index is -1.43. The first-order chi connectivity index (χ1) is 7.47. The van der Waals surface area contributed by atoms with Gasteiger partial charge in [-0.25, -0.2) is 4.79 Å². The third-order valence-corrected chi connectivity index (χ3v) is 2.42. The molecule has 1 aromatic rings. The second-order valence-electron chi connectivity index (χ2n) is 3.60. The topological polar surface area (TPSA) is 79.7 Å². The standard InChI is InChI=1S/C11H15NO4/c1-6-5-12-8(4-9(13)11(14)15)7(2)10(6)16-3/h5,9,13H,4H2,1-3H3,(H,14,15). The maximum atomic E-state index is 10.5. The number of aliphatic hydroxyl groups is 1. The molecule has 16 heavy (non-hydrogen) atoms. The Morgan fingerprint density at radius 2 is 2.19 bits per heavy atom. The van der Waals surface area contributed by atoms with Gasteiger partial charge in [-0.2, -0.15) is 0 Å². The Morgan fingerprint density at radius 3 is 2.69 bits per heavy atom. The monoisotopic (exact) mass is 225 g/mol. The summed E-state index contributed by atoms with van der Waals surface area (Å²) in [6.07, 6.45) is 0.159. The fourth-order valence-electron chi connectivity index (χ4n) is 1.55. The van der Waals surface area contributed by atoms with E-state index >= 15 is 0 Å². The molecule has 1 unspecified atom stereocenters. The van der Waals surface area contributed by atoms with Crippen LogP contribution in [0.4, 0.5) is 0 Å². The molecule has 0 radical (unpaired) electrons. The quantitative estimate of drug-likeness (QED) is 0.788. The molecule has 88 valence electrons. The van der Waals surface area contributed by atoms with Gasteiger partial charge in [0.25, 0.3) is 0 Å². The molecule has 0 amide bonds. The Labute approximate surface area is 93.7 Å². The van der Waals surface area contributed by atoms with Crippen LogP contribution in [0.1, 0.15) is 16.8 Å². The minimum Gasteiger partial charge on any atom is -0.496 e. The summed E-state index contributed by atoms with van der Waals surface area (Å²) >= 11 is 0. The number of aliphatic carboxylic acids is 1. The number of aryl methyl sites for hydroxylation is 1. The van der Waals surface area contributed by atoms with Gasteiger partial charge in [-0.15, -0.1) is 0 Å². The number of carboxylic acid groups (broad SMARTS) is 1. The molecule has 0 saturated carbocycles. The third-order valence-electron chi connectivity index (χ3n) is 2.42. The molecule has 5 nitrogen and oxygen atoms in total. The van der Waals surface area contributed by atoms with Gasteiger partial charge in [0.15, 0.2) is 6.10 Å². The Balaban J connectivity index is 3.02. The first kappa shape index (κ1) is 12.4. The molecule has 0 aliphatic rings. The fraction of sp³-hybridized carbons (Fsp3) is 0.455. The van der Waals surface area contributed by atoms with Crippen molar-refractivity contribution in [1.29, 1.82) is 0 Å². The van der Waals surface area contributed by atoms with E-state index in [2.05, 4.69) is 4.98 Å². The number of carboxylic acids is 1. The first-order valence-corrected chi connectivity index (χ1v) is 4.87. The Kier molecular flexibility index (Phi) is 3.84. The zero-order valence-corrected chi connectivity index (χ0v) is 9.52. The highest BCUT2D eigenvalue weighted by molar-refractivity contribution is 5.72. The first-order valence-electron chi connectivity index (χ1n) is 4.87. The second kappa shape index (κ2) is 4.94. The fourth-order valence-corrected chi connectivity index (χ4v) is 1.55. The maximum absolute atomic E-state index is 10.5. The average molecular weight is 225 g/mol. The highest BCUT2D eigenvalue weighted by atomic mass is 16.5. The van der Waals surface area contributed by atoms with Crippen molar-refractivity contribution in [3.63, 3.8) is 0 Å². The largest absolute Gasteiger partial charge is 0.496 e. The Bertz CT molecular complexity index is 403. The van der Waals surface area contributed by atoms with E-state index in [9.17, 15) is 9.90 Å². The van der Waals surface area contributed by atoms with E-state index in [0.717, 1.165) is 11.1 Å². The lowest BCUT2D eigenvalue weighted by atomic mass is 10.1. The smallest absolute Gasteiger partial charge is 0.332 e. The number of hydrogen-bond acceptors (Lipinski definition) is 4. The van der Waals surface area contributed by atoms with Gasteiger partial charge in [0.05, 0.1) is 12.8 Å². The van der Waals surface area contributed by atoms with Crippen molar-refractivity contribution in [2.45, 2.75) is 26.4 Å². The van der Waals surface area contributed by atoms with Crippen LogP contribution in [-0.4, -0.2) is 34.4 Å². The van der Waals surface area contributed by atoms with Crippen molar-refractivity contribution in [3.05, 3.63) is 23.0 Å². The lowest BCUT2D eigenvalue weighted by molar-refractivity contribution is -0.146. The summed E-state index contributed by atoms with van der Waals surface area (Å²) in [5.74, 6) is -0.566. The molecule has 0 aromatic carbocycles. The van der Waals surface area contributed by atoms with Crippen LogP contribution in [-0.2, 0) is 11.2 Å². The number of rotatable bonds is 4. The summed E-state index contributed by atoms with van der Waals surface area (Å²) in [5.41, 5.74) is 2.19. The minimum absolute atomic E-state index is 0.0161. The lowest BCUT2D eigenvalue weighted by Gasteiger charge is -2.13. The summed E-state index contributed by atoms with van der Waals surface area (Å²) in [4.78, 5) is 14.6. The Hall–Kier alpha value is -1.62. The number of ether oxygens (including phenoxy) is 1. The van der Waals surface area contributed by atoms with E-state index in [1.54, 1.807) is 20.2 Å². The number of nitrogens with zero attached hydrogens (tertiary/aromatic N) is 1. The van der Waals surface area contributed by atoms with Gasteiger partial charge in [-0.1, -0.05) is 0 Å². The highest BCUT2D eigenvalue weighted by Crippen LogP contribution is 2.24. The normalized spacial score (nSPS) is 12.2. The predicted molar refractivity (Wildman–Crippen MR) is 57.6 cm³/mol. The molecule has 0 aliphatic heterocycles. The van der Waals surface area contributed by atoms with Gasteiger partial charge in [0.2, 0.25) is 0 Å². The molecule has 1 atom stereocenters. The van der Waals surface area contributed by atoms with Gasteiger partial charge >= 0.3 is 5.97 Å². The SMILES string of the molecule is COc1c(C)cnc(CC(O)C(=O)O)c1C. The number of carbonyl (C=O) groups is 1. The summed E-state index contributed by atoms with van der Waals surface area (Å²) in [6, 6.07) is 0. The van der Waals surface area contributed by atoms with Crippen molar-refractivity contribution in [1.82, 2.24) is 4.98 Å². The van der Waals surface area contributed by atoms with Crippen molar-refractivity contribution >= 4 is 5.97 Å². The van der Waals surface area contributed by atoms with Crippen molar-refractivity contribution in [2.24, 2.45) is 0 Å². The van der Waals surface area contributed by atoms with Crippen molar-refractivity contribution in [3.8, 4) is 5.75 Å². The van der Waals surface area contributed by atoms with Crippen molar-refractivity contribution in [2.75, 3.05) is 7.11 Å². The third kappa shape index (κ3) is 2.49. The molecule has 2 N–H and O–H groups in total. The molecular weight excluding hydrogens is 210 g/mol. The van der Waals surface area contributed by atoms with E-state index in [1.807, 2.05) is 6.92 Å². The number of methoxy groups -OCH3 is 1. The van der Waals surface area contributed by atoms with E-state index < -0.39 is 12.1 Å². The maximum Gasteiger partial charge on any atom is 0.332 e. The number of hydrogen-bond donors (Lipinski definition) is 2. The van der Waals surface area contributed by atoms with Crippen LogP contribution >= 0.6 is 0 Å². The summed E-state index contributed by atoms with van der Waals surface area (Å²) in [6.45, 7) is 3.65. The van der Waals surface area contributed by atoms with Gasteiger partial charge in [0.1, 0.15) is 5.75 Å². The highest BCUT2D eigenvalue weighted by Gasteiger charge is 2.18. The van der Waals surface area contributed by atoms with Crippen LogP contribution < -0.4 is 4.74 Å². The van der Waals surface area contributed by atoms with Crippen LogP contribution in [0.5, 0.6) is 5.75 Å². The van der Waals surface area contributed by atoms with Gasteiger partial charge in [-0.3, -0.25) is 4.98 Å². The number of aliphatic hydroxyl groups excluding tert-OH is 1. The molecule has 1 heterocycles. The van der Waals surface area contributed by atoms with Crippen LogP contribution in [0.25, 0.3) is 0 Å². The molecule has 1 aromatic heterocycles. The van der Waals surface area contributed by atoms with E-state index in [1.165, 1.54) is 0 Å².